The third-order valence-electron chi connectivity index (χ3n) is 3.91. The van der Waals surface area contributed by atoms with E-state index in [0.29, 0.717) is 5.57 Å². The highest BCUT2D eigenvalue weighted by atomic mass is 16.4. The van der Waals surface area contributed by atoms with Gasteiger partial charge in [-0.05, 0) is 18.5 Å². The highest BCUT2D eigenvalue weighted by molar-refractivity contribution is 5.21. The molecular weight excluding hydrogens is 258 g/mol. The summed E-state index contributed by atoms with van der Waals surface area (Å²) in [5.74, 6) is 0. The van der Waals surface area contributed by atoms with Gasteiger partial charge in [-0.25, -0.2) is 0 Å². The first-order valence-electron chi connectivity index (χ1n) is 7.70. The van der Waals surface area contributed by atoms with Gasteiger partial charge in [0.25, 0.3) is 0 Å². The van der Waals surface area contributed by atoms with Crippen LogP contribution in [0.1, 0.15) is 45.4 Å². The van der Waals surface area contributed by atoms with Gasteiger partial charge in [-0.15, -0.1) is 0 Å². The molecule has 0 saturated heterocycles. The maximum Gasteiger partial charge on any atom is 0.111 e. The van der Waals surface area contributed by atoms with Gasteiger partial charge in [-0.1, -0.05) is 45.1 Å². The lowest BCUT2D eigenvalue weighted by molar-refractivity contribution is -0.0641. The standard InChI is InChI=1S/C15H29NO4/c1-2-3-4-5-6-7-8-16-12-9-11(10-17)13(18)15(20)14(12)19/h9,12-20H,2-8,10H2,1H3/t12?,13-,14-,15-/m0/s1. The van der Waals surface area contributed by atoms with E-state index >= 15 is 0 Å². The molecule has 1 unspecified atom stereocenters. The Labute approximate surface area is 121 Å². The molecule has 0 spiro atoms. The molecule has 1 aliphatic carbocycles. The van der Waals surface area contributed by atoms with E-state index in [1.807, 2.05) is 0 Å². The molecule has 5 heteroatoms. The number of rotatable bonds is 9. The summed E-state index contributed by atoms with van der Waals surface area (Å²) in [5, 5.41) is 41.6. The van der Waals surface area contributed by atoms with Crippen molar-refractivity contribution in [3.63, 3.8) is 0 Å². The van der Waals surface area contributed by atoms with Crippen LogP contribution < -0.4 is 5.32 Å². The number of aliphatic hydroxyl groups is 4. The van der Waals surface area contributed by atoms with Crippen LogP contribution in [0, 0.1) is 0 Å². The molecule has 0 heterocycles. The third-order valence-corrected chi connectivity index (χ3v) is 3.91. The number of aliphatic hydroxyl groups excluding tert-OH is 4. The summed E-state index contributed by atoms with van der Waals surface area (Å²) in [5.41, 5.74) is 0.364. The maximum atomic E-state index is 9.90. The van der Waals surface area contributed by atoms with E-state index in [1.165, 1.54) is 25.7 Å². The molecule has 1 rings (SSSR count). The molecule has 0 saturated carbocycles. The van der Waals surface area contributed by atoms with Crippen LogP contribution in [0.25, 0.3) is 0 Å². The molecule has 4 atom stereocenters. The normalized spacial score (nSPS) is 30.4. The van der Waals surface area contributed by atoms with Crippen molar-refractivity contribution in [2.45, 2.75) is 69.8 Å². The number of hydrogen-bond donors (Lipinski definition) is 5. The first-order chi connectivity index (χ1) is 9.61. The average molecular weight is 287 g/mol. The fourth-order valence-electron chi connectivity index (χ4n) is 2.55. The molecule has 1 aliphatic rings. The lowest BCUT2D eigenvalue weighted by atomic mass is 9.88. The SMILES string of the molecule is CCCCCCCCNC1C=C(CO)[C@H](O)[C@H](O)[C@H]1O. The Morgan fingerprint density at radius 2 is 1.65 bits per heavy atom. The van der Waals surface area contributed by atoms with Crippen molar-refractivity contribution in [3.8, 4) is 0 Å². The van der Waals surface area contributed by atoms with Crippen molar-refractivity contribution < 1.29 is 20.4 Å². The molecule has 0 aromatic rings. The minimum Gasteiger partial charge on any atom is -0.392 e. The predicted octanol–water partition coefficient (Wildman–Crippen LogP) is 0.320. The minimum atomic E-state index is -1.25. The Morgan fingerprint density at radius 1 is 1.00 bits per heavy atom. The van der Waals surface area contributed by atoms with E-state index in [1.54, 1.807) is 6.08 Å². The van der Waals surface area contributed by atoms with E-state index in [9.17, 15) is 15.3 Å². The first-order valence-corrected chi connectivity index (χ1v) is 7.70. The molecule has 0 aliphatic heterocycles. The monoisotopic (exact) mass is 287 g/mol. The van der Waals surface area contributed by atoms with Gasteiger partial charge in [0.1, 0.15) is 18.3 Å². The zero-order chi connectivity index (χ0) is 15.0. The van der Waals surface area contributed by atoms with E-state index < -0.39 is 24.4 Å². The van der Waals surface area contributed by atoms with E-state index in [4.69, 9.17) is 5.11 Å². The largest absolute Gasteiger partial charge is 0.392 e. The second kappa shape index (κ2) is 9.47. The van der Waals surface area contributed by atoms with Gasteiger partial charge >= 0.3 is 0 Å². The molecule has 20 heavy (non-hydrogen) atoms. The molecule has 0 bridgehead atoms. The van der Waals surface area contributed by atoms with Gasteiger partial charge in [0, 0.05) is 0 Å². The topological polar surface area (TPSA) is 93.0 Å². The van der Waals surface area contributed by atoms with Crippen LogP contribution >= 0.6 is 0 Å². The molecule has 118 valence electrons. The summed E-state index contributed by atoms with van der Waals surface area (Å²) in [6, 6.07) is -0.411. The first kappa shape index (κ1) is 17.6. The minimum absolute atomic E-state index is 0.305. The number of hydrogen-bond acceptors (Lipinski definition) is 5. The predicted molar refractivity (Wildman–Crippen MR) is 78.4 cm³/mol. The van der Waals surface area contributed by atoms with E-state index in [0.717, 1.165) is 19.4 Å². The van der Waals surface area contributed by atoms with Crippen molar-refractivity contribution in [2.75, 3.05) is 13.2 Å². The van der Waals surface area contributed by atoms with Crippen molar-refractivity contribution in [3.05, 3.63) is 11.6 Å². The average Bonchev–Trinajstić information content (AvgIpc) is 2.46. The molecule has 0 fully saturated rings. The van der Waals surface area contributed by atoms with Crippen LogP contribution in [0.15, 0.2) is 11.6 Å². The Morgan fingerprint density at radius 3 is 2.30 bits per heavy atom. The van der Waals surface area contributed by atoms with Crippen LogP contribution in [0.4, 0.5) is 0 Å². The summed E-state index contributed by atoms with van der Waals surface area (Å²) in [7, 11) is 0. The highest BCUT2D eigenvalue weighted by Gasteiger charge is 2.36. The van der Waals surface area contributed by atoms with Crippen LogP contribution in [0.2, 0.25) is 0 Å². The summed E-state index contributed by atoms with van der Waals surface area (Å²) < 4.78 is 0. The van der Waals surface area contributed by atoms with Crippen molar-refractivity contribution in [1.29, 1.82) is 0 Å². The fraction of sp³-hybridized carbons (Fsp3) is 0.867. The van der Waals surface area contributed by atoms with Crippen LogP contribution in [-0.2, 0) is 0 Å². The van der Waals surface area contributed by atoms with Crippen molar-refractivity contribution >= 4 is 0 Å². The molecule has 5 nitrogen and oxygen atoms in total. The maximum absolute atomic E-state index is 9.90. The van der Waals surface area contributed by atoms with Crippen LogP contribution in [0.5, 0.6) is 0 Å². The lowest BCUT2D eigenvalue weighted by Gasteiger charge is -2.34. The summed E-state index contributed by atoms with van der Waals surface area (Å²) in [6.07, 6.45) is 5.34. The summed E-state index contributed by atoms with van der Waals surface area (Å²) in [6.45, 7) is 2.64. The Kier molecular flexibility index (Phi) is 8.33. The van der Waals surface area contributed by atoms with E-state index in [-0.39, 0.29) is 6.61 Å². The molecule has 5 N–H and O–H groups in total. The van der Waals surface area contributed by atoms with Gasteiger partial charge in [-0.3, -0.25) is 0 Å². The van der Waals surface area contributed by atoms with Gasteiger partial charge in [0.2, 0.25) is 0 Å². The van der Waals surface area contributed by atoms with Gasteiger partial charge in [0.15, 0.2) is 0 Å². The molecule has 0 amide bonds. The van der Waals surface area contributed by atoms with Gasteiger partial charge < -0.3 is 25.7 Å². The molecule has 0 radical (unpaired) electrons. The second-order valence-corrected chi connectivity index (χ2v) is 5.57. The lowest BCUT2D eigenvalue weighted by Crippen LogP contribution is -2.54. The van der Waals surface area contributed by atoms with Gasteiger partial charge in [0.05, 0.1) is 12.6 Å². The van der Waals surface area contributed by atoms with Gasteiger partial charge in [-0.2, -0.15) is 0 Å². The smallest absolute Gasteiger partial charge is 0.111 e. The Hall–Kier alpha value is -0.460. The second-order valence-electron chi connectivity index (χ2n) is 5.57. The Balaban J connectivity index is 2.29. The zero-order valence-electron chi connectivity index (χ0n) is 12.3. The molecular formula is C15H29NO4. The number of nitrogens with one attached hydrogen (secondary N) is 1. The molecule has 0 aromatic heterocycles. The van der Waals surface area contributed by atoms with Crippen molar-refractivity contribution in [1.82, 2.24) is 5.32 Å². The quantitative estimate of drug-likeness (QED) is 0.311. The zero-order valence-corrected chi connectivity index (χ0v) is 12.3. The van der Waals surface area contributed by atoms with Crippen LogP contribution in [-0.4, -0.2) is 57.9 Å². The Bertz CT molecular complexity index is 296. The summed E-state index contributed by atoms with van der Waals surface area (Å²) >= 11 is 0. The van der Waals surface area contributed by atoms with Crippen LogP contribution in [0.3, 0.4) is 0 Å². The third kappa shape index (κ3) is 5.14. The summed E-state index contributed by atoms with van der Waals surface area (Å²) in [4.78, 5) is 0. The highest BCUT2D eigenvalue weighted by Crippen LogP contribution is 2.20. The van der Waals surface area contributed by atoms with Crippen molar-refractivity contribution in [2.24, 2.45) is 0 Å². The molecule has 0 aromatic carbocycles. The fourth-order valence-corrected chi connectivity index (χ4v) is 2.55. The van der Waals surface area contributed by atoms with E-state index in [2.05, 4.69) is 12.2 Å². The number of unbranched alkanes of at least 4 members (excludes halogenated alkanes) is 5.